The van der Waals surface area contributed by atoms with Crippen molar-refractivity contribution in [3.8, 4) is 0 Å². The number of fused-ring (bicyclic) bond motifs is 1. The van der Waals surface area contributed by atoms with E-state index in [1.54, 1.807) is 4.90 Å². The first-order chi connectivity index (χ1) is 9.18. The fourth-order valence-corrected chi connectivity index (χ4v) is 2.25. The second kappa shape index (κ2) is 6.33. The van der Waals surface area contributed by atoms with Gasteiger partial charge in [-0.05, 0) is 31.0 Å². The van der Waals surface area contributed by atoms with Crippen LogP contribution >= 0.6 is 0 Å². The number of aliphatic carboxylic acids is 1. The average Bonchev–Trinajstić information content (AvgIpc) is 2.81. The second-order valence-corrected chi connectivity index (χ2v) is 4.60. The summed E-state index contributed by atoms with van der Waals surface area (Å²) >= 11 is 0. The van der Waals surface area contributed by atoms with Crippen LogP contribution in [0.15, 0.2) is 24.3 Å². The van der Waals surface area contributed by atoms with E-state index in [1.807, 2.05) is 24.3 Å². The van der Waals surface area contributed by atoms with Crippen molar-refractivity contribution in [2.24, 2.45) is 0 Å². The quantitative estimate of drug-likeness (QED) is 0.751. The third kappa shape index (κ3) is 3.54. The number of carbonyl (C=O) groups is 2. The first-order valence-electron chi connectivity index (χ1n) is 6.49. The lowest BCUT2D eigenvalue weighted by atomic mass is 10.2. The van der Waals surface area contributed by atoms with Crippen LogP contribution in [0, 0.1) is 0 Å². The van der Waals surface area contributed by atoms with Gasteiger partial charge in [-0.15, -0.1) is 0 Å². The fraction of sp³-hybridized carbons (Fsp3) is 0.429. The van der Waals surface area contributed by atoms with Crippen LogP contribution in [0.4, 0.5) is 5.69 Å². The molecule has 5 heteroatoms. The zero-order chi connectivity index (χ0) is 13.7. The Morgan fingerprint density at radius 2 is 2.11 bits per heavy atom. The van der Waals surface area contributed by atoms with Gasteiger partial charge in [-0.1, -0.05) is 18.2 Å². The summed E-state index contributed by atoms with van der Waals surface area (Å²) in [6.07, 6.45) is 1.58. The number of rotatable bonds is 6. The fourth-order valence-electron chi connectivity index (χ4n) is 2.25. The van der Waals surface area contributed by atoms with E-state index >= 15 is 0 Å². The van der Waals surface area contributed by atoms with E-state index in [4.69, 9.17) is 5.11 Å². The summed E-state index contributed by atoms with van der Waals surface area (Å²) < 4.78 is 0. The number of carbonyl (C=O) groups excluding carboxylic acids is 1. The molecule has 19 heavy (non-hydrogen) atoms. The van der Waals surface area contributed by atoms with Crippen molar-refractivity contribution in [2.45, 2.75) is 19.3 Å². The van der Waals surface area contributed by atoms with E-state index < -0.39 is 5.97 Å². The third-order valence-corrected chi connectivity index (χ3v) is 3.21. The molecular formula is C14H18N2O3. The van der Waals surface area contributed by atoms with E-state index in [9.17, 15) is 9.59 Å². The SMILES string of the molecule is O=C(O)CCCNCC(=O)N1CCc2ccccc21. The van der Waals surface area contributed by atoms with Crippen LogP contribution in [0.5, 0.6) is 0 Å². The van der Waals surface area contributed by atoms with Crippen molar-refractivity contribution in [3.05, 3.63) is 29.8 Å². The van der Waals surface area contributed by atoms with Gasteiger partial charge in [0.1, 0.15) is 0 Å². The van der Waals surface area contributed by atoms with Gasteiger partial charge in [0.2, 0.25) is 5.91 Å². The molecule has 0 aliphatic carbocycles. The van der Waals surface area contributed by atoms with Gasteiger partial charge in [-0.3, -0.25) is 9.59 Å². The van der Waals surface area contributed by atoms with Gasteiger partial charge in [-0.25, -0.2) is 0 Å². The molecule has 0 saturated heterocycles. The molecule has 1 amide bonds. The molecule has 102 valence electrons. The predicted octanol–water partition coefficient (Wildman–Crippen LogP) is 1.03. The highest BCUT2D eigenvalue weighted by Gasteiger charge is 2.23. The minimum atomic E-state index is -0.804. The molecule has 1 aromatic carbocycles. The predicted molar refractivity (Wildman–Crippen MR) is 72.2 cm³/mol. The lowest BCUT2D eigenvalue weighted by Crippen LogP contribution is -2.37. The molecule has 0 radical (unpaired) electrons. The highest BCUT2D eigenvalue weighted by molar-refractivity contribution is 5.96. The summed E-state index contributed by atoms with van der Waals surface area (Å²) in [5.41, 5.74) is 2.21. The van der Waals surface area contributed by atoms with Crippen LogP contribution < -0.4 is 10.2 Å². The number of benzene rings is 1. The molecule has 0 spiro atoms. The lowest BCUT2D eigenvalue weighted by Gasteiger charge is -2.17. The van der Waals surface area contributed by atoms with Crippen LogP contribution in [0.25, 0.3) is 0 Å². The molecule has 0 saturated carbocycles. The van der Waals surface area contributed by atoms with Crippen molar-refractivity contribution in [1.82, 2.24) is 5.32 Å². The Morgan fingerprint density at radius 3 is 2.89 bits per heavy atom. The van der Waals surface area contributed by atoms with E-state index in [0.29, 0.717) is 13.0 Å². The molecule has 2 N–H and O–H groups in total. The maximum absolute atomic E-state index is 12.1. The van der Waals surface area contributed by atoms with E-state index in [1.165, 1.54) is 5.56 Å². The Morgan fingerprint density at radius 1 is 1.32 bits per heavy atom. The summed E-state index contributed by atoms with van der Waals surface area (Å²) in [5.74, 6) is -0.762. The van der Waals surface area contributed by atoms with Gasteiger partial charge < -0.3 is 15.3 Å². The van der Waals surface area contributed by atoms with E-state index in [-0.39, 0.29) is 18.9 Å². The summed E-state index contributed by atoms with van der Waals surface area (Å²) in [4.78, 5) is 24.2. The van der Waals surface area contributed by atoms with E-state index in [2.05, 4.69) is 5.32 Å². The van der Waals surface area contributed by atoms with Gasteiger partial charge >= 0.3 is 5.97 Å². The second-order valence-electron chi connectivity index (χ2n) is 4.60. The molecule has 1 aliphatic rings. The monoisotopic (exact) mass is 262 g/mol. The van der Waals surface area contributed by atoms with Crippen LogP contribution in [-0.2, 0) is 16.0 Å². The normalized spacial score (nSPS) is 13.4. The molecule has 0 bridgehead atoms. The number of nitrogens with one attached hydrogen (secondary N) is 1. The molecule has 1 aromatic rings. The number of hydrogen-bond donors (Lipinski definition) is 2. The van der Waals surface area contributed by atoms with Gasteiger partial charge in [-0.2, -0.15) is 0 Å². The Balaban J connectivity index is 1.77. The highest BCUT2D eigenvalue weighted by Crippen LogP contribution is 2.27. The molecular weight excluding hydrogens is 244 g/mol. The summed E-state index contributed by atoms with van der Waals surface area (Å²) in [5, 5.41) is 11.5. The Kier molecular flexibility index (Phi) is 4.52. The largest absolute Gasteiger partial charge is 0.481 e. The molecule has 1 aliphatic heterocycles. The minimum Gasteiger partial charge on any atom is -0.481 e. The van der Waals surface area contributed by atoms with Crippen molar-refractivity contribution < 1.29 is 14.7 Å². The number of carboxylic acids is 1. The minimum absolute atomic E-state index is 0.0419. The maximum atomic E-state index is 12.1. The standard InChI is InChI=1S/C14H18N2O3/c17-13(10-15-8-3-6-14(18)19)16-9-7-11-4-1-2-5-12(11)16/h1-2,4-5,15H,3,6-10H2,(H,18,19). The van der Waals surface area contributed by atoms with Gasteiger partial charge in [0.15, 0.2) is 0 Å². The van der Waals surface area contributed by atoms with Crippen LogP contribution in [0.1, 0.15) is 18.4 Å². The van der Waals surface area contributed by atoms with Crippen molar-refractivity contribution >= 4 is 17.6 Å². The topological polar surface area (TPSA) is 69.6 Å². The molecule has 0 aromatic heterocycles. The Labute approximate surface area is 112 Å². The smallest absolute Gasteiger partial charge is 0.303 e. The highest BCUT2D eigenvalue weighted by atomic mass is 16.4. The number of carboxylic acid groups (broad SMARTS) is 1. The van der Waals surface area contributed by atoms with Gasteiger partial charge in [0, 0.05) is 18.7 Å². The number of para-hydroxylation sites is 1. The lowest BCUT2D eigenvalue weighted by molar-refractivity contribution is -0.137. The molecule has 0 unspecified atom stereocenters. The summed E-state index contributed by atoms with van der Waals surface area (Å²) in [7, 11) is 0. The molecule has 5 nitrogen and oxygen atoms in total. The number of anilines is 1. The summed E-state index contributed by atoms with van der Waals surface area (Å²) in [6, 6.07) is 7.93. The Bertz CT molecular complexity index is 474. The van der Waals surface area contributed by atoms with Crippen LogP contribution in [0.2, 0.25) is 0 Å². The molecule has 0 fully saturated rings. The number of amides is 1. The summed E-state index contributed by atoms with van der Waals surface area (Å²) in [6.45, 7) is 1.54. The number of nitrogens with zero attached hydrogens (tertiary/aromatic N) is 1. The first kappa shape index (κ1) is 13.5. The zero-order valence-corrected chi connectivity index (χ0v) is 10.8. The first-order valence-corrected chi connectivity index (χ1v) is 6.49. The number of hydrogen-bond acceptors (Lipinski definition) is 3. The van der Waals surface area contributed by atoms with E-state index in [0.717, 1.165) is 18.7 Å². The van der Waals surface area contributed by atoms with Crippen molar-refractivity contribution in [2.75, 3.05) is 24.5 Å². The van der Waals surface area contributed by atoms with Crippen LogP contribution in [0.3, 0.4) is 0 Å². The van der Waals surface area contributed by atoms with Crippen molar-refractivity contribution in [1.29, 1.82) is 0 Å². The molecule has 0 atom stereocenters. The van der Waals surface area contributed by atoms with Gasteiger partial charge in [0.05, 0.1) is 6.54 Å². The molecule has 1 heterocycles. The van der Waals surface area contributed by atoms with Gasteiger partial charge in [0.25, 0.3) is 0 Å². The average molecular weight is 262 g/mol. The Hall–Kier alpha value is -1.88. The maximum Gasteiger partial charge on any atom is 0.303 e. The third-order valence-electron chi connectivity index (χ3n) is 3.21. The molecule has 2 rings (SSSR count). The zero-order valence-electron chi connectivity index (χ0n) is 10.8. The van der Waals surface area contributed by atoms with Crippen LogP contribution in [-0.4, -0.2) is 36.6 Å². The van der Waals surface area contributed by atoms with Crippen molar-refractivity contribution in [3.63, 3.8) is 0 Å².